The van der Waals surface area contributed by atoms with E-state index in [4.69, 9.17) is 0 Å². The summed E-state index contributed by atoms with van der Waals surface area (Å²) < 4.78 is 1.55. The van der Waals surface area contributed by atoms with Crippen molar-refractivity contribution in [2.75, 3.05) is 42.3 Å². The highest BCUT2D eigenvalue weighted by Crippen LogP contribution is 2.46. The van der Waals surface area contributed by atoms with Gasteiger partial charge in [0, 0.05) is 16.5 Å². The lowest BCUT2D eigenvalue weighted by Gasteiger charge is -2.39. The van der Waals surface area contributed by atoms with Crippen LogP contribution in [0.1, 0.15) is 54.4 Å². The van der Waals surface area contributed by atoms with Crippen molar-refractivity contribution in [3.63, 3.8) is 0 Å². The molecule has 1 aliphatic carbocycles. The summed E-state index contributed by atoms with van der Waals surface area (Å²) in [6.07, 6.45) is 5.90. The molecule has 164 valence electrons. The van der Waals surface area contributed by atoms with E-state index in [0.717, 1.165) is 46.0 Å². The molecule has 0 amide bonds. The third kappa shape index (κ3) is 5.16. The maximum Gasteiger partial charge on any atom is 0.124 e. The lowest BCUT2D eigenvalue weighted by molar-refractivity contribution is -0.884. The molecule has 0 atom stereocenters. The van der Waals surface area contributed by atoms with Gasteiger partial charge in [-0.25, -0.2) is 0 Å². The van der Waals surface area contributed by atoms with Gasteiger partial charge in [-0.2, -0.15) is 0 Å². The first-order valence-corrected chi connectivity index (χ1v) is 11.2. The van der Waals surface area contributed by atoms with Crippen LogP contribution in [0.5, 0.6) is 11.5 Å². The van der Waals surface area contributed by atoms with Crippen LogP contribution in [-0.2, 0) is 18.5 Å². The summed E-state index contributed by atoms with van der Waals surface area (Å²) in [7, 11) is 12.9. The Hall–Kier alpha value is -2.04. The highest BCUT2D eigenvalue weighted by Gasteiger charge is 2.37. The molecule has 4 heteroatoms. The van der Waals surface area contributed by atoms with Gasteiger partial charge in [0.15, 0.2) is 0 Å². The highest BCUT2D eigenvalue weighted by atomic mass is 16.3. The normalized spacial score (nSPS) is 17.1. The van der Waals surface area contributed by atoms with Gasteiger partial charge >= 0.3 is 0 Å². The lowest BCUT2D eigenvalue weighted by Crippen LogP contribution is -2.35. The van der Waals surface area contributed by atoms with Gasteiger partial charge in [0.05, 0.1) is 42.3 Å². The third-order valence-corrected chi connectivity index (χ3v) is 6.26. The molecule has 2 aromatic carbocycles. The lowest BCUT2D eigenvalue weighted by atomic mass is 9.65. The summed E-state index contributed by atoms with van der Waals surface area (Å²) in [6.45, 7) is 1.58. The summed E-state index contributed by atoms with van der Waals surface area (Å²) in [5.41, 5.74) is 4.56. The predicted octanol–water partition coefficient (Wildman–Crippen LogP) is 4.76. The number of phenolic OH excluding ortho intramolecular Hbond substituents is 2. The second-order valence-electron chi connectivity index (χ2n) is 11.2. The fourth-order valence-corrected chi connectivity index (χ4v) is 4.94. The highest BCUT2D eigenvalue weighted by molar-refractivity contribution is 5.48. The monoisotopic (exact) mass is 412 g/mol. The van der Waals surface area contributed by atoms with Crippen LogP contribution in [-0.4, -0.2) is 61.5 Å². The molecular formula is C26H40N2O2+2. The molecule has 0 unspecified atom stereocenters. The molecule has 0 bridgehead atoms. The van der Waals surface area contributed by atoms with Crippen LogP contribution in [0.3, 0.4) is 0 Å². The van der Waals surface area contributed by atoms with Crippen LogP contribution in [0.25, 0.3) is 0 Å². The van der Waals surface area contributed by atoms with Crippen LogP contribution < -0.4 is 0 Å². The Kier molecular flexibility index (Phi) is 6.22. The molecular weight excluding hydrogens is 372 g/mol. The number of aromatic hydroxyl groups is 2. The van der Waals surface area contributed by atoms with Gasteiger partial charge < -0.3 is 19.2 Å². The van der Waals surface area contributed by atoms with Crippen molar-refractivity contribution in [2.45, 2.75) is 50.6 Å². The van der Waals surface area contributed by atoms with E-state index in [1.807, 2.05) is 12.1 Å². The number of phenols is 2. The summed E-state index contributed by atoms with van der Waals surface area (Å²) in [6, 6.07) is 12.5. The Morgan fingerprint density at radius 1 is 0.667 bits per heavy atom. The summed E-state index contributed by atoms with van der Waals surface area (Å²) in [5, 5.41) is 21.0. The minimum absolute atomic E-state index is 0.0566. The number of benzene rings is 2. The molecule has 2 aromatic rings. The largest absolute Gasteiger partial charge is 0.507 e. The van der Waals surface area contributed by atoms with E-state index in [1.54, 1.807) is 0 Å². The number of nitrogens with zero attached hydrogens (tertiary/aromatic N) is 2. The average Bonchev–Trinajstić information content (AvgIpc) is 2.63. The minimum Gasteiger partial charge on any atom is -0.507 e. The molecule has 0 aliphatic heterocycles. The zero-order chi connectivity index (χ0) is 22.2. The third-order valence-electron chi connectivity index (χ3n) is 6.26. The smallest absolute Gasteiger partial charge is 0.124 e. The molecule has 3 rings (SSSR count). The van der Waals surface area contributed by atoms with Crippen molar-refractivity contribution in [1.82, 2.24) is 0 Å². The number of hydrogen-bond acceptors (Lipinski definition) is 2. The molecule has 4 nitrogen and oxygen atoms in total. The quantitative estimate of drug-likeness (QED) is 0.672. The van der Waals surface area contributed by atoms with Gasteiger partial charge in [-0.15, -0.1) is 0 Å². The van der Waals surface area contributed by atoms with Crippen molar-refractivity contribution >= 4 is 0 Å². The van der Waals surface area contributed by atoms with Crippen molar-refractivity contribution in [1.29, 1.82) is 0 Å². The summed E-state index contributed by atoms with van der Waals surface area (Å²) >= 11 is 0. The SMILES string of the molecule is C[N+](C)(C)Cc1cc(C2(c3ccc(O)c(C[N+](C)(C)C)c3)CCCCC2)ccc1O. The van der Waals surface area contributed by atoms with Gasteiger partial charge in [0.25, 0.3) is 0 Å². The van der Waals surface area contributed by atoms with E-state index in [2.05, 4.69) is 66.6 Å². The topological polar surface area (TPSA) is 40.5 Å². The molecule has 1 saturated carbocycles. The van der Waals surface area contributed by atoms with E-state index in [9.17, 15) is 10.2 Å². The first-order chi connectivity index (χ1) is 13.9. The number of hydrogen-bond donors (Lipinski definition) is 2. The molecule has 1 fully saturated rings. The Morgan fingerprint density at radius 3 is 1.43 bits per heavy atom. The van der Waals surface area contributed by atoms with Gasteiger partial charge in [-0.1, -0.05) is 31.4 Å². The Bertz CT molecular complexity index is 817. The maximum atomic E-state index is 10.5. The van der Waals surface area contributed by atoms with Gasteiger partial charge in [-0.05, 0) is 48.2 Å². The number of rotatable bonds is 6. The summed E-state index contributed by atoms with van der Waals surface area (Å²) in [5.74, 6) is 0.767. The Morgan fingerprint density at radius 2 is 1.07 bits per heavy atom. The molecule has 30 heavy (non-hydrogen) atoms. The van der Waals surface area contributed by atoms with Gasteiger partial charge in [0.2, 0.25) is 0 Å². The first-order valence-electron chi connectivity index (χ1n) is 11.2. The van der Waals surface area contributed by atoms with E-state index in [1.165, 1.54) is 30.4 Å². The zero-order valence-electron chi connectivity index (χ0n) is 19.7. The van der Waals surface area contributed by atoms with E-state index in [0.29, 0.717) is 11.5 Å². The van der Waals surface area contributed by atoms with Gasteiger partial charge in [0.1, 0.15) is 24.6 Å². The average molecular weight is 413 g/mol. The van der Waals surface area contributed by atoms with Crippen molar-refractivity contribution in [3.8, 4) is 11.5 Å². The van der Waals surface area contributed by atoms with Crippen LogP contribution in [0.15, 0.2) is 36.4 Å². The molecule has 0 spiro atoms. The Labute approximate surface area is 182 Å². The first kappa shape index (κ1) is 22.6. The van der Waals surface area contributed by atoms with E-state index < -0.39 is 0 Å². The van der Waals surface area contributed by atoms with Crippen molar-refractivity contribution in [3.05, 3.63) is 58.7 Å². The minimum atomic E-state index is -0.0566. The predicted molar refractivity (Wildman–Crippen MR) is 124 cm³/mol. The molecule has 2 N–H and O–H groups in total. The second-order valence-corrected chi connectivity index (χ2v) is 11.2. The zero-order valence-corrected chi connectivity index (χ0v) is 19.7. The second kappa shape index (κ2) is 8.24. The molecule has 0 heterocycles. The fourth-order valence-electron chi connectivity index (χ4n) is 4.94. The van der Waals surface area contributed by atoms with Crippen molar-refractivity contribution in [2.24, 2.45) is 0 Å². The van der Waals surface area contributed by atoms with Gasteiger partial charge in [-0.3, -0.25) is 0 Å². The molecule has 0 saturated heterocycles. The fraction of sp³-hybridized carbons (Fsp3) is 0.538. The summed E-state index contributed by atoms with van der Waals surface area (Å²) in [4.78, 5) is 0. The standard InChI is InChI=1S/C26H38N2O2/c1-27(2,3)18-20-16-22(10-12-24(20)29)26(14-8-7-9-15-26)23-11-13-25(30)21(17-23)19-28(4,5)6/h10-13,16-17H,7-9,14-15,18-19H2,1-6H3/p+2. The van der Waals surface area contributed by atoms with Crippen LogP contribution in [0.4, 0.5) is 0 Å². The van der Waals surface area contributed by atoms with Crippen LogP contribution in [0.2, 0.25) is 0 Å². The maximum absolute atomic E-state index is 10.5. The van der Waals surface area contributed by atoms with E-state index >= 15 is 0 Å². The molecule has 0 radical (unpaired) electrons. The number of quaternary nitrogens is 2. The van der Waals surface area contributed by atoms with Crippen molar-refractivity contribution < 1.29 is 19.2 Å². The van der Waals surface area contributed by atoms with Crippen LogP contribution >= 0.6 is 0 Å². The Balaban J connectivity index is 2.11. The molecule has 1 aliphatic rings. The van der Waals surface area contributed by atoms with E-state index in [-0.39, 0.29) is 5.41 Å². The molecule has 0 aromatic heterocycles. The van der Waals surface area contributed by atoms with Crippen LogP contribution in [0, 0.1) is 0 Å².